The Balaban J connectivity index is 2.82. The van der Waals surface area contributed by atoms with Crippen LogP contribution in [0.15, 0.2) is 40.3 Å². The van der Waals surface area contributed by atoms with Crippen LogP contribution in [-0.4, -0.2) is 12.4 Å². The molecule has 1 aliphatic heterocycles. The Morgan fingerprint density at radius 3 is 3.08 bits per heavy atom. The monoisotopic (exact) mass is 174 g/mol. The molecule has 0 amide bonds. The molecule has 0 aromatic rings. The molecule has 13 heavy (non-hydrogen) atoms. The topological polar surface area (TPSA) is 24.7 Å². The van der Waals surface area contributed by atoms with Crippen LogP contribution in [0, 0.1) is 5.41 Å². The summed E-state index contributed by atoms with van der Waals surface area (Å²) in [4.78, 5) is 8.37. The lowest BCUT2D eigenvalue weighted by Gasteiger charge is -2.24. The Morgan fingerprint density at radius 2 is 2.46 bits per heavy atom. The van der Waals surface area contributed by atoms with Gasteiger partial charge in [-0.3, -0.25) is 9.98 Å². The van der Waals surface area contributed by atoms with E-state index in [1.54, 1.807) is 18.5 Å². The van der Waals surface area contributed by atoms with Gasteiger partial charge in [0.05, 0.1) is 5.70 Å². The number of hydrogen-bond donors (Lipinski definition) is 0. The molecule has 2 heteroatoms. The average Bonchev–Trinajstić information content (AvgIpc) is 2.08. The third-order valence-electron chi connectivity index (χ3n) is 2.00. The summed E-state index contributed by atoms with van der Waals surface area (Å²) in [5.74, 6) is 0. The molecule has 1 heterocycles. The van der Waals surface area contributed by atoms with E-state index in [-0.39, 0.29) is 5.41 Å². The van der Waals surface area contributed by atoms with Gasteiger partial charge in [-0.2, -0.15) is 0 Å². The molecule has 0 atom stereocenters. The fraction of sp³-hybridized carbons (Fsp3) is 0.364. The molecule has 0 unspecified atom stereocenters. The van der Waals surface area contributed by atoms with Crippen LogP contribution >= 0.6 is 0 Å². The predicted molar refractivity (Wildman–Crippen MR) is 57.2 cm³/mol. The van der Waals surface area contributed by atoms with Gasteiger partial charge in [0.25, 0.3) is 0 Å². The van der Waals surface area contributed by atoms with Crippen LogP contribution in [0.1, 0.15) is 20.3 Å². The zero-order valence-corrected chi connectivity index (χ0v) is 8.12. The molecule has 0 radical (unpaired) electrons. The molecule has 0 aromatic heterocycles. The van der Waals surface area contributed by atoms with Gasteiger partial charge in [-0.05, 0) is 12.5 Å². The van der Waals surface area contributed by atoms with Gasteiger partial charge in [0.1, 0.15) is 0 Å². The van der Waals surface area contributed by atoms with Crippen LogP contribution in [0.25, 0.3) is 0 Å². The molecule has 1 aliphatic rings. The van der Waals surface area contributed by atoms with E-state index >= 15 is 0 Å². The first kappa shape index (κ1) is 9.69. The lowest BCUT2D eigenvalue weighted by Crippen LogP contribution is -2.16. The molecule has 1 rings (SSSR count). The Hall–Kier alpha value is -1.40. The molecule has 0 bridgehead atoms. The van der Waals surface area contributed by atoms with Crippen LogP contribution in [0.4, 0.5) is 0 Å². The highest BCUT2D eigenvalue weighted by molar-refractivity contribution is 5.72. The molecular formula is C11H14N2. The van der Waals surface area contributed by atoms with Crippen molar-refractivity contribution >= 4 is 12.4 Å². The van der Waals surface area contributed by atoms with Crippen LogP contribution in [-0.2, 0) is 0 Å². The molecule has 0 saturated heterocycles. The standard InChI is InChI=1S/C11H14N2/c1-4-5-7-13-10-9-12-8-6-11(10,2)3/h5,7-9H,1,6H2,2-3H3. The Kier molecular flexibility index (Phi) is 2.99. The molecule has 0 aliphatic carbocycles. The van der Waals surface area contributed by atoms with E-state index in [9.17, 15) is 0 Å². The molecular weight excluding hydrogens is 160 g/mol. The van der Waals surface area contributed by atoms with Crippen LogP contribution in [0.3, 0.4) is 0 Å². The summed E-state index contributed by atoms with van der Waals surface area (Å²) in [5, 5.41) is 0. The third-order valence-corrected chi connectivity index (χ3v) is 2.00. The maximum absolute atomic E-state index is 4.29. The van der Waals surface area contributed by atoms with E-state index in [0.717, 1.165) is 12.1 Å². The first-order valence-corrected chi connectivity index (χ1v) is 4.27. The first-order chi connectivity index (χ1) is 6.17. The number of hydrogen-bond acceptors (Lipinski definition) is 2. The lowest BCUT2D eigenvalue weighted by atomic mass is 9.85. The van der Waals surface area contributed by atoms with Gasteiger partial charge >= 0.3 is 0 Å². The van der Waals surface area contributed by atoms with Gasteiger partial charge in [0.15, 0.2) is 0 Å². The molecule has 0 N–H and O–H groups in total. The maximum Gasteiger partial charge on any atom is 0.0645 e. The summed E-state index contributed by atoms with van der Waals surface area (Å²) in [6, 6.07) is 0. The van der Waals surface area contributed by atoms with E-state index in [1.807, 2.05) is 6.21 Å². The van der Waals surface area contributed by atoms with Crippen molar-refractivity contribution in [2.45, 2.75) is 20.3 Å². The van der Waals surface area contributed by atoms with Crippen LogP contribution in [0.5, 0.6) is 0 Å². The fourth-order valence-electron chi connectivity index (χ4n) is 1.06. The van der Waals surface area contributed by atoms with Crippen molar-refractivity contribution in [1.82, 2.24) is 0 Å². The van der Waals surface area contributed by atoms with E-state index in [1.165, 1.54) is 0 Å². The minimum Gasteiger partial charge on any atom is -0.267 e. The SMILES string of the molecule is C=C=CC=NC1=CN=CCC1(C)C. The Bertz CT molecular complexity index is 313. The largest absolute Gasteiger partial charge is 0.267 e. The third kappa shape index (κ3) is 2.53. The van der Waals surface area contributed by atoms with E-state index in [0.29, 0.717) is 0 Å². The second kappa shape index (κ2) is 4.01. The van der Waals surface area contributed by atoms with Crippen LogP contribution < -0.4 is 0 Å². The molecule has 0 aromatic carbocycles. The summed E-state index contributed by atoms with van der Waals surface area (Å²) in [5.41, 5.74) is 3.74. The molecule has 0 fully saturated rings. The quantitative estimate of drug-likeness (QED) is 0.454. The van der Waals surface area contributed by atoms with Crippen molar-refractivity contribution in [3.05, 3.63) is 30.3 Å². The average molecular weight is 174 g/mol. The highest BCUT2D eigenvalue weighted by atomic mass is 14.8. The van der Waals surface area contributed by atoms with Gasteiger partial charge < -0.3 is 0 Å². The molecule has 68 valence electrons. The number of allylic oxidation sites excluding steroid dienone is 2. The van der Waals surface area contributed by atoms with Gasteiger partial charge in [0, 0.05) is 24.0 Å². The molecule has 0 spiro atoms. The van der Waals surface area contributed by atoms with Crippen molar-refractivity contribution in [2.75, 3.05) is 0 Å². The first-order valence-electron chi connectivity index (χ1n) is 4.27. The summed E-state index contributed by atoms with van der Waals surface area (Å²) < 4.78 is 0. The van der Waals surface area contributed by atoms with Gasteiger partial charge in [0.2, 0.25) is 0 Å². The van der Waals surface area contributed by atoms with Crippen molar-refractivity contribution in [3.8, 4) is 0 Å². The normalized spacial score (nSPS) is 19.7. The second-order valence-corrected chi connectivity index (χ2v) is 3.58. The van der Waals surface area contributed by atoms with Gasteiger partial charge in [-0.25, -0.2) is 0 Å². The van der Waals surface area contributed by atoms with E-state index in [2.05, 4.69) is 36.1 Å². The fourth-order valence-corrected chi connectivity index (χ4v) is 1.06. The van der Waals surface area contributed by atoms with Crippen molar-refractivity contribution in [1.29, 1.82) is 0 Å². The maximum atomic E-state index is 4.29. The molecule has 0 saturated carbocycles. The minimum absolute atomic E-state index is 0.0905. The predicted octanol–water partition coefficient (Wildman–Crippen LogP) is 2.74. The summed E-state index contributed by atoms with van der Waals surface area (Å²) in [6.07, 6.45) is 8.05. The second-order valence-electron chi connectivity index (χ2n) is 3.58. The highest BCUT2D eigenvalue weighted by Crippen LogP contribution is 2.32. The minimum atomic E-state index is 0.0905. The lowest BCUT2D eigenvalue weighted by molar-refractivity contribution is 0.460. The van der Waals surface area contributed by atoms with E-state index in [4.69, 9.17) is 0 Å². The van der Waals surface area contributed by atoms with Crippen molar-refractivity contribution in [2.24, 2.45) is 15.4 Å². The summed E-state index contributed by atoms with van der Waals surface area (Å²) in [7, 11) is 0. The van der Waals surface area contributed by atoms with Gasteiger partial charge in [-0.15, -0.1) is 5.73 Å². The number of aliphatic imine (C=N–C) groups is 2. The Labute approximate surface area is 79.1 Å². The zero-order chi connectivity index (χ0) is 9.73. The van der Waals surface area contributed by atoms with Gasteiger partial charge in [-0.1, -0.05) is 20.4 Å². The Morgan fingerprint density at radius 1 is 1.69 bits per heavy atom. The summed E-state index contributed by atoms with van der Waals surface area (Å²) >= 11 is 0. The van der Waals surface area contributed by atoms with E-state index < -0.39 is 0 Å². The number of rotatable bonds is 2. The van der Waals surface area contributed by atoms with Crippen molar-refractivity contribution < 1.29 is 0 Å². The molecule has 2 nitrogen and oxygen atoms in total. The van der Waals surface area contributed by atoms with Crippen LogP contribution in [0.2, 0.25) is 0 Å². The smallest absolute Gasteiger partial charge is 0.0645 e. The number of nitrogens with zero attached hydrogens (tertiary/aromatic N) is 2. The highest BCUT2D eigenvalue weighted by Gasteiger charge is 2.23. The zero-order valence-electron chi connectivity index (χ0n) is 8.12. The van der Waals surface area contributed by atoms with Crippen molar-refractivity contribution in [3.63, 3.8) is 0 Å². The summed E-state index contributed by atoms with van der Waals surface area (Å²) in [6.45, 7) is 7.76.